The van der Waals surface area contributed by atoms with Gasteiger partial charge in [0.15, 0.2) is 0 Å². The van der Waals surface area contributed by atoms with Crippen LogP contribution in [0, 0.1) is 11.6 Å². The van der Waals surface area contributed by atoms with Crippen LogP contribution >= 0.6 is 11.6 Å². The number of rotatable bonds is 3. The molecule has 0 saturated carbocycles. The number of carbonyl (C=O) groups excluding carboxylic acids is 1. The molecule has 0 aliphatic heterocycles. The molecule has 0 atom stereocenters. The molecule has 0 radical (unpaired) electrons. The Morgan fingerprint density at radius 3 is 2.70 bits per heavy atom. The minimum absolute atomic E-state index is 0.0275. The Bertz CT molecular complexity index is 662. The number of ether oxygens (including phenoxy) is 1. The highest BCUT2D eigenvalue weighted by Gasteiger charge is 2.13. The molecule has 6 heteroatoms. The second-order valence-electron chi connectivity index (χ2n) is 4.02. The maximum absolute atomic E-state index is 13.2. The lowest BCUT2D eigenvalue weighted by Crippen LogP contribution is -2.09. The molecule has 2 rings (SSSR count). The number of hydrogen-bond donors (Lipinski definition) is 1. The first-order chi connectivity index (χ1) is 9.49. The summed E-state index contributed by atoms with van der Waals surface area (Å²) in [4.78, 5) is 11.8. The van der Waals surface area contributed by atoms with Gasteiger partial charge in [0.25, 0.3) is 0 Å². The van der Waals surface area contributed by atoms with Crippen LogP contribution in [0.5, 0.6) is 0 Å². The van der Waals surface area contributed by atoms with Crippen molar-refractivity contribution < 1.29 is 18.3 Å². The van der Waals surface area contributed by atoms with Gasteiger partial charge in [-0.25, -0.2) is 13.6 Å². The maximum atomic E-state index is 13.2. The Labute approximate surface area is 118 Å². The summed E-state index contributed by atoms with van der Waals surface area (Å²) in [5.74, 6) is -1.88. The average molecular weight is 298 g/mol. The van der Waals surface area contributed by atoms with E-state index in [1.165, 1.54) is 24.3 Å². The Kier molecular flexibility index (Phi) is 4.20. The lowest BCUT2D eigenvalue weighted by Gasteiger charge is -2.08. The van der Waals surface area contributed by atoms with E-state index in [0.29, 0.717) is 5.56 Å². The predicted molar refractivity (Wildman–Crippen MR) is 71.3 cm³/mol. The fourth-order valence-corrected chi connectivity index (χ4v) is 1.78. The first kappa shape index (κ1) is 14.3. The lowest BCUT2D eigenvalue weighted by atomic mass is 10.2. The van der Waals surface area contributed by atoms with Crippen molar-refractivity contribution in [2.45, 2.75) is 6.61 Å². The topological polar surface area (TPSA) is 52.3 Å². The van der Waals surface area contributed by atoms with Gasteiger partial charge in [0.05, 0.1) is 10.6 Å². The molecule has 2 aromatic rings. The Morgan fingerprint density at radius 1 is 1.25 bits per heavy atom. The van der Waals surface area contributed by atoms with Crippen LogP contribution in [0.4, 0.5) is 14.5 Å². The number of hydrogen-bond acceptors (Lipinski definition) is 3. The molecular formula is C14H10ClF2NO2. The Hall–Kier alpha value is -2.14. The maximum Gasteiger partial charge on any atom is 0.340 e. The zero-order chi connectivity index (χ0) is 14.7. The Morgan fingerprint density at radius 2 is 2.00 bits per heavy atom. The van der Waals surface area contributed by atoms with Crippen LogP contribution in [0.1, 0.15) is 15.9 Å². The van der Waals surface area contributed by atoms with Gasteiger partial charge in [0, 0.05) is 11.3 Å². The van der Waals surface area contributed by atoms with E-state index in [-0.39, 0.29) is 22.9 Å². The number of carbonyl (C=O) groups is 1. The van der Waals surface area contributed by atoms with E-state index < -0.39 is 17.6 Å². The van der Waals surface area contributed by atoms with Crippen LogP contribution in [0.2, 0.25) is 5.02 Å². The van der Waals surface area contributed by atoms with E-state index in [9.17, 15) is 13.6 Å². The molecule has 2 aromatic carbocycles. The van der Waals surface area contributed by atoms with Crippen LogP contribution in [0.15, 0.2) is 36.4 Å². The van der Waals surface area contributed by atoms with Crippen molar-refractivity contribution in [2.75, 3.05) is 5.73 Å². The predicted octanol–water partition coefficient (Wildman–Crippen LogP) is 3.56. The second kappa shape index (κ2) is 5.88. The highest BCUT2D eigenvalue weighted by Crippen LogP contribution is 2.21. The summed E-state index contributed by atoms with van der Waals surface area (Å²) in [6, 6.07) is 7.53. The summed E-state index contributed by atoms with van der Waals surface area (Å²) in [6.45, 7) is -0.202. The average Bonchev–Trinajstić information content (AvgIpc) is 2.40. The third kappa shape index (κ3) is 3.05. The smallest absolute Gasteiger partial charge is 0.340 e. The standard InChI is InChI=1S/C14H10ClF2NO2/c15-13-8(2-1-3-11(13)17)7-20-14(19)10-5-4-9(16)6-12(10)18/h1-6H,7,18H2. The van der Waals surface area contributed by atoms with Gasteiger partial charge in [-0.05, 0) is 24.3 Å². The van der Waals surface area contributed by atoms with Crippen LogP contribution in [0.25, 0.3) is 0 Å². The molecule has 104 valence electrons. The van der Waals surface area contributed by atoms with E-state index in [0.717, 1.165) is 12.1 Å². The molecule has 0 amide bonds. The quantitative estimate of drug-likeness (QED) is 0.696. The molecule has 0 heterocycles. The van der Waals surface area contributed by atoms with E-state index in [4.69, 9.17) is 22.1 Å². The van der Waals surface area contributed by atoms with E-state index in [2.05, 4.69) is 0 Å². The molecule has 3 nitrogen and oxygen atoms in total. The van der Waals surface area contributed by atoms with Crippen LogP contribution in [-0.2, 0) is 11.3 Å². The molecule has 20 heavy (non-hydrogen) atoms. The van der Waals surface area contributed by atoms with Crippen molar-refractivity contribution in [3.63, 3.8) is 0 Å². The van der Waals surface area contributed by atoms with Gasteiger partial charge < -0.3 is 10.5 Å². The van der Waals surface area contributed by atoms with Crippen LogP contribution in [0.3, 0.4) is 0 Å². The van der Waals surface area contributed by atoms with Gasteiger partial charge in [-0.15, -0.1) is 0 Å². The molecule has 0 aliphatic rings. The molecule has 2 N–H and O–H groups in total. The van der Waals surface area contributed by atoms with Gasteiger partial charge in [0.2, 0.25) is 0 Å². The number of anilines is 1. The van der Waals surface area contributed by atoms with E-state index >= 15 is 0 Å². The molecular weight excluding hydrogens is 288 g/mol. The fourth-order valence-electron chi connectivity index (χ4n) is 1.60. The van der Waals surface area contributed by atoms with Crippen molar-refractivity contribution >= 4 is 23.3 Å². The summed E-state index contributed by atoms with van der Waals surface area (Å²) in [5.41, 5.74) is 5.87. The van der Waals surface area contributed by atoms with Crippen LogP contribution < -0.4 is 5.73 Å². The fraction of sp³-hybridized carbons (Fsp3) is 0.0714. The monoisotopic (exact) mass is 297 g/mol. The molecule has 0 aliphatic carbocycles. The molecule has 0 aromatic heterocycles. The highest BCUT2D eigenvalue weighted by molar-refractivity contribution is 6.31. The number of benzene rings is 2. The Balaban J connectivity index is 2.11. The minimum atomic E-state index is -0.733. The van der Waals surface area contributed by atoms with Crippen molar-refractivity contribution in [2.24, 2.45) is 0 Å². The third-order valence-corrected chi connectivity index (χ3v) is 3.05. The second-order valence-corrected chi connectivity index (χ2v) is 4.40. The van der Waals surface area contributed by atoms with Crippen molar-refractivity contribution in [1.82, 2.24) is 0 Å². The minimum Gasteiger partial charge on any atom is -0.457 e. The van der Waals surface area contributed by atoms with Gasteiger partial charge in [-0.1, -0.05) is 23.7 Å². The van der Waals surface area contributed by atoms with Crippen LogP contribution in [-0.4, -0.2) is 5.97 Å². The van der Waals surface area contributed by atoms with E-state index in [1.54, 1.807) is 0 Å². The van der Waals surface area contributed by atoms with Gasteiger partial charge in [0.1, 0.15) is 18.2 Å². The highest BCUT2D eigenvalue weighted by atomic mass is 35.5. The summed E-state index contributed by atoms with van der Waals surface area (Å²) >= 11 is 5.73. The lowest BCUT2D eigenvalue weighted by molar-refractivity contribution is 0.0473. The third-order valence-electron chi connectivity index (χ3n) is 2.62. The number of nitrogen functional groups attached to an aromatic ring is 1. The largest absolute Gasteiger partial charge is 0.457 e. The molecule has 0 bridgehead atoms. The van der Waals surface area contributed by atoms with Crippen molar-refractivity contribution in [3.05, 3.63) is 64.2 Å². The molecule has 0 saturated heterocycles. The van der Waals surface area contributed by atoms with Crippen molar-refractivity contribution in [1.29, 1.82) is 0 Å². The zero-order valence-electron chi connectivity index (χ0n) is 10.2. The zero-order valence-corrected chi connectivity index (χ0v) is 11.0. The summed E-state index contributed by atoms with van der Waals surface area (Å²) in [5, 5.41) is -0.104. The van der Waals surface area contributed by atoms with Gasteiger partial charge in [-0.2, -0.15) is 0 Å². The molecule has 0 unspecified atom stereocenters. The van der Waals surface area contributed by atoms with E-state index in [1.807, 2.05) is 0 Å². The van der Waals surface area contributed by atoms with Gasteiger partial charge >= 0.3 is 5.97 Å². The van der Waals surface area contributed by atoms with Crippen molar-refractivity contribution in [3.8, 4) is 0 Å². The molecule has 0 fully saturated rings. The SMILES string of the molecule is Nc1cc(F)ccc1C(=O)OCc1cccc(F)c1Cl. The summed E-state index contributed by atoms with van der Waals surface area (Å²) < 4.78 is 31.0. The summed E-state index contributed by atoms with van der Waals surface area (Å²) in [6.07, 6.45) is 0. The normalized spacial score (nSPS) is 10.3. The number of esters is 1. The van der Waals surface area contributed by atoms with Gasteiger partial charge in [-0.3, -0.25) is 0 Å². The first-order valence-corrected chi connectivity index (χ1v) is 6.02. The number of halogens is 3. The molecule has 0 spiro atoms. The number of nitrogens with two attached hydrogens (primary N) is 1. The first-order valence-electron chi connectivity index (χ1n) is 5.64. The summed E-state index contributed by atoms with van der Waals surface area (Å²) in [7, 11) is 0.